The molecule has 10 aromatic heterocycles. The molecule has 10 aliphatic rings. The Morgan fingerprint density at radius 1 is 0.289 bits per heavy atom. The number of methoxy groups -OCH3 is 5. The molecule has 5 aliphatic heterocycles. The Hall–Kier alpha value is -6.95. The van der Waals surface area contributed by atoms with Crippen molar-refractivity contribution >= 4 is 56.7 Å². The van der Waals surface area contributed by atoms with Gasteiger partial charge in [-0.25, -0.2) is 0 Å². The van der Waals surface area contributed by atoms with Crippen molar-refractivity contribution in [2.75, 3.05) is 68.5 Å². The van der Waals surface area contributed by atoms with Gasteiger partial charge in [-0.1, -0.05) is 126 Å². The molecule has 5 saturated carbocycles. The van der Waals surface area contributed by atoms with E-state index < -0.39 is 160 Å². The Labute approximate surface area is 876 Å². The van der Waals surface area contributed by atoms with E-state index in [0.29, 0.717) is 152 Å². The molecule has 15 heterocycles. The van der Waals surface area contributed by atoms with E-state index in [2.05, 4.69) is 34.2 Å². The van der Waals surface area contributed by atoms with Crippen LogP contribution in [0.1, 0.15) is 388 Å². The van der Waals surface area contributed by atoms with Gasteiger partial charge in [0.15, 0.2) is 0 Å². The number of aromatic nitrogens is 5. The lowest BCUT2D eigenvalue weighted by Gasteiger charge is -2.46. The highest BCUT2D eigenvalue weighted by molar-refractivity contribution is 7.11. The van der Waals surface area contributed by atoms with Crippen molar-refractivity contribution in [2.45, 2.75) is 375 Å². The SMILES string of the molecule is [2H]C([2H])(CCC([2H])([2H])[C@@]1(c2ccccn2)C([2H])([2H])C([2H])([2H])OC2(C([2H])([2H])C([2H])([2H])C([2H])([2H])C2([2H])[2H])C1([2H])[2H])c1sccc1OC.[2H]C([2H])(CCC[C@@]1(c2ccccn2)CCOC2(CC([2H])([2H])C([2H])([2H])C2)C1)c1sccc1OC.[2H]C([2H])(CCC[C@@]1(c2ccccn2)CCOC2(CCCC2)C1)c1sccc1OC.[2H]C1([2H])CCC2(C1)C[C@](CCCC([2H])([2H])c1sccc1OC)(c1ccccn1)CCO2.[2H]C1([2H])CCC2(C1)C[C@](CCCC([2H])([2H])c1sccc1OC)(c1ccccn1)CCO2. The predicted molar refractivity (Wildman–Crippen MR) is 554 cm³/mol. The van der Waals surface area contributed by atoms with Crippen molar-refractivity contribution in [1.29, 1.82) is 0 Å². The zero-order valence-electron chi connectivity index (χ0n) is 113. The predicted octanol–water partition coefficient (Wildman–Crippen LogP) is 29.6. The molecule has 10 aromatic rings. The van der Waals surface area contributed by atoms with Gasteiger partial charge in [-0.15, -0.1) is 56.7 Å². The first-order chi connectivity index (χ1) is 78.9. The molecule has 20 rings (SSSR count). The Kier molecular flexibility index (Phi) is 23.9. The highest BCUT2D eigenvalue weighted by Crippen LogP contribution is 2.57. The molecule has 7 atom stereocenters. The quantitative estimate of drug-likeness (QED) is 0.0369. The minimum absolute atomic E-state index is 0.00572. The lowest BCUT2D eigenvalue weighted by molar-refractivity contribution is -0.105. The van der Waals surface area contributed by atoms with Crippen LogP contribution in [0.3, 0.4) is 0 Å². The molecule has 0 aromatic carbocycles. The summed E-state index contributed by atoms with van der Waals surface area (Å²) in [5, 5.41) is 9.00. The van der Waals surface area contributed by atoms with E-state index in [1.54, 1.807) is 40.7 Å². The van der Waals surface area contributed by atoms with Crippen molar-refractivity contribution in [3.05, 3.63) is 232 Å². The van der Waals surface area contributed by atoms with Gasteiger partial charge >= 0.3 is 0 Å². The molecule has 10 fully saturated rings. The van der Waals surface area contributed by atoms with Crippen LogP contribution in [-0.4, -0.2) is 121 Å². The number of pyridine rings is 5. The second-order valence-electron chi connectivity index (χ2n) is 36.7. The first-order valence-electron chi connectivity index (χ1n) is 64.8. The first-order valence-corrected chi connectivity index (χ1v) is 52.2. The van der Waals surface area contributed by atoms with Gasteiger partial charge in [0.05, 0.1) is 66.3 Å². The van der Waals surface area contributed by atoms with Crippen LogP contribution in [0.2, 0.25) is 0 Å². The summed E-state index contributed by atoms with van der Waals surface area (Å²) in [4.78, 5) is 25.3. The maximum absolute atomic E-state index is 9.43. The van der Waals surface area contributed by atoms with Crippen LogP contribution < -0.4 is 23.7 Å². The van der Waals surface area contributed by atoms with Gasteiger partial charge in [0.1, 0.15) is 28.7 Å². The largest absolute Gasteiger partial charge is 0.496 e. The highest BCUT2D eigenvalue weighted by atomic mass is 32.1. The monoisotopic (exact) mass is 1960 g/mol. The van der Waals surface area contributed by atoms with Gasteiger partial charge < -0.3 is 47.4 Å². The van der Waals surface area contributed by atoms with Crippen LogP contribution in [0.15, 0.2) is 179 Å². The Morgan fingerprint density at radius 3 is 0.859 bits per heavy atom. The molecule has 135 heavy (non-hydrogen) atoms. The van der Waals surface area contributed by atoms with E-state index in [9.17, 15) is 5.48 Å². The summed E-state index contributed by atoms with van der Waals surface area (Å²) in [6.45, 7) is -1.64. The van der Waals surface area contributed by atoms with Crippen molar-refractivity contribution in [3.63, 3.8) is 0 Å². The number of thiophene rings is 5. The standard InChI is InChI=1S/5C23H31NO2S/c5*1-25-19-10-17-27-20(19)8-2-4-11-22(21-9-3-7-15-24-21)14-16-26-23(18-22)12-5-6-13-23/h5*3,7,9-10,15,17H,2,4-6,8,11-14,16,18H2,1H3/t5*22-/m11111/s1/i5D2,6D2,8D2,11D2,12D2,13D2,14D2,16D2,18D2;5D2,6D2,8D2;2*5D2,8D2;8D2/t2m;2*22-,23?;m. The molecular formula is C115H155N5O10S5. The van der Waals surface area contributed by atoms with Crippen LogP contribution in [0.4, 0.5) is 0 Å². The van der Waals surface area contributed by atoms with Crippen LogP contribution in [0, 0.1) is 0 Å². The average Bonchev–Trinajstić information content (AvgIpc) is 1.46. The molecule has 0 amide bonds. The molecule has 20 heteroatoms. The average molecular weight is 1960 g/mol. The summed E-state index contributed by atoms with van der Waals surface area (Å²) < 4.78 is 350. The minimum Gasteiger partial charge on any atom is -0.496 e. The molecule has 0 radical (unpaired) electrons. The number of ether oxygens (including phenoxy) is 10. The van der Waals surface area contributed by atoms with E-state index in [1.807, 2.05) is 107 Å². The van der Waals surface area contributed by atoms with Crippen molar-refractivity contribution in [1.82, 2.24) is 24.9 Å². The highest BCUT2D eigenvalue weighted by Gasteiger charge is 2.54. The molecule has 0 N–H and O–H groups in total. The third kappa shape index (κ3) is 25.7. The Balaban J connectivity index is 0.000000149. The van der Waals surface area contributed by atoms with Gasteiger partial charge in [0, 0.05) is 188 Å². The zero-order valence-corrected chi connectivity index (χ0v) is 82.6. The Bertz CT molecular complexity index is 6660. The molecule has 5 spiro atoms. The lowest BCUT2D eigenvalue weighted by atomic mass is 9.67. The lowest BCUT2D eigenvalue weighted by Crippen LogP contribution is -2.46. The third-order valence-corrected chi connectivity index (χ3v) is 32.5. The van der Waals surface area contributed by atoms with Crippen LogP contribution in [0.25, 0.3) is 0 Å². The maximum Gasteiger partial charge on any atom is 0.132 e. The number of nitrogens with zero attached hydrogens (tertiary/aromatic N) is 5. The van der Waals surface area contributed by atoms with Crippen molar-refractivity contribution < 1.29 is 94.0 Å². The molecule has 730 valence electrons. The molecule has 2 unspecified atom stereocenters. The molecule has 15 nitrogen and oxygen atoms in total. The van der Waals surface area contributed by atoms with Crippen molar-refractivity contribution in [3.8, 4) is 28.7 Å². The fraction of sp³-hybridized carbons (Fsp3) is 0.609. The second kappa shape index (κ2) is 49.0. The van der Waals surface area contributed by atoms with E-state index in [-0.39, 0.29) is 45.3 Å². The fourth-order valence-electron chi connectivity index (χ4n) is 21.5. The molecule has 5 aliphatic carbocycles. The van der Waals surface area contributed by atoms with E-state index in [1.165, 1.54) is 88.9 Å². The second-order valence-corrected chi connectivity index (χ2v) is 41.3. The molecule has 5 saturated heterocycles. The summed E-state index contributed by atoms with van der Waals surface area (Å²) >= 11 is 6.55. The summed E-state index contributed by atoms with van der Waals surface area (Å²) in [6, 6.07) is 36.1. The fourth-order valence-corrected chi connectivity index (χ4v) is 25.4. The minimum atomic E-state index is -4.20. The first kappa shape index (κ1) is 65.9. The van der Waals surface area contributed by atoms with Gasteiger partial charge in [-0.3, -0.25) is 24.9 Å². The number of aryl methyl sites for hydroxylation is 5. The molecular weight excluding hydrogens is 1770 g/mol. The Morgan fingerprint density at radius 2 is 0.570 bits per heavy atom. The van der Waals surface area contributed by atoms with E-state index >= 15 is 0 Å². The summed E-state index contributed by atoms with van der Waals surface area (Å²) in [7, 11) is 7.61. The molecule has 0 bridgehead atoms. The smallest absolute Gasteiger partial charge is 0.132 e. The topological polar surface area (TPSA) is 157 Å². The van der Waals surface area contributed by atoms with Crippen LogP contribution in [0.5, 0.6) is 28.7 Å². The maximum atomic E-state index is 9.43. The van der Waals surface area contributed by atoms with E-state index in [4.69, 9.17) is 103 Å². The summed E-state index contributed by atoms with van der Waals surface area (Å²) in [6.07, 6.45) is -13.4. The van der Waals surface area contributed by atoms with E-state index in [0.717, 1.165) is 143 Å². The van der Waals surface area contributed by atoms with Crippen LogP contribution >= 0.6 is 56.7 Å². The normalized spacial score (nSPS) is 34.2. The summed E-state index contributed by atoms with van der Waals surface area (Å²) in [5.74, 6) is 2.59. The van der Waals surface area contributed by atoms with Crippen LogP contribution in [-0.2, 0) is 82.6 Å². The number of hydrogen-bond acceptors (Lipinski definition) is 20. The van der Waals surface area contributed by atoms with Gasteiger partial charge in [-0.05, 0) is 342 Å². The number of rotatable bonds is 35. The van der Waals surface area contributed by atoms with Gasteiger partial charge in [0.25, 0.3) is 0 Å². The van der Waals surface area contributed by atoms with Crippen molar-refractivity contribution in [2.24, 2.45) is 0 Å². The summed E-state index contributed by atoms with van der Waals surface area (Å²) in [5.41, 5.74) is -7.28. The van der Waals surface area contributed by atoms with Gasteiger partial charge in [0.2, 0.25) is 0 Å². The zero-order chi connectivity index (χ0) is 123. The third-order valence-electron chi connectivity index (χ3n) is 28.2. The van der Waals surface area contributed by atoms with Gasteiger partial charge in [-0.2, -0.15) is 0 Å². The number of hydrogen-bond donors (Lipinski definition) is 0.